The number of carbonyl (C=O) groups excluding carboxylic acids is 1. The van der Waals surface area contributed by atoms with Crippen LogP contribution in [0.3, 0.4) is 0 Å². The van der Waals surface area contributed by atoms with Crippen LogP contribution in [0.5, 0.6) is 0 Å². The molecule has 2 aromatic rings. The maximum atomic E-state index is 12.3. The summed E-state index contributed by atoms with van der Waals surface area (Å²) in [7, 11) is 0. The normalized spacial score (nSPS) is 9.19. The van der Waals surface area contributed by atoms with Gasteiger partial charge >= 0.3 is 0 Å². The van der Waals surface area contributed by atoms with Gasteiger partial charge in [-0.3, -0.25) is 4.79 Å². The molecule has 0 aliphatic heterocycles. The van der Waals surface area contributed by atoms with E-state index in [1.165, 1.54) is 0 Å². The molecule has 9 N–H and O–H groups in total. The van der Waals surface area contributed by atoms with Crippen molar-refractivity contribution in [2.45, 2.75) is 13.1 Å². The van der Waals surface area contributed by atoms with Gasteiger partial charge in [0.25, 0.3) is 5.91 Å². The van der Waals surface area contributed by atoms with Gasteiger partial charge in [0.2, 0.25) is 0 Å². The minimum absolute atomic E-state index is 0. The number of rotatable bonds is 6. The molecule has 0 saturated carbocycles. The maximum Gasteiger partial charge on any atom is 0.255 e. The van der Waals surface area contributed by atoms with Crippen molar-refractivity contribution in [2.75, 3.05) is 5.32 Å². The van der Waals surface area contributed by atoms with Gasteiger partial charge in [0, 0.05) is 11.3 Å². The molecule has 2 aromatic carbocycles. The largest absolute Gasteiger partial charge is 0.370 e. The van der Waals surface area contributed by atoms with E-state index in [9.17, 15) is 4.79 Å². The molecule has 2 rings (SSSR count). The molecule has 1 amide bonds. The molecule has 0 bridgehead atoms. The van der Waals surface area contributed by atoms with Crippen LogP contribution >= 0.6 is 24.8 Å². The molecule has 0 fully saturated rings. The molecule has 0 heterocycles. The number of aliphatic imine (C=N–C) groups is 2. The number of nitrogens with zero attached hydrogens (tertiary/aromatic N) is 2. The van der Waals surface area contributed by atoms with Gasteiger partial charge in [-0.2, -0.15) is 0 Å². The number of hydrogen-bond acceptors (Lipinski definition) is 3. The van der Waals surface area contributed by atoms with E-state index in [4.69, 9.17) is 22.9 Å². The van der Waals surface area contributed by atoms with Crippen LogP contribution in [0.4, 0.5) is 5.69 Å². The molecule has 146 valence electrons. The average molecular weight is 412 g/mol. The van der Waals surface area contributed by atoms with E-state index in [0.717, 1.165) is 11.1 Å². The third-order valence-corrected chi connectivity index (χ3v) is 3.23. The smallest absolute Gasteiger partial charge is 0.255 e. The van der Waals surface area contributed by atoms with E-state index in [2.05, 4.69) is 15.3 Å². The fourth-order valence-electron chi connectivity index (χ4n) is 2.18. The number of benzene rings is 2. The molecule has 10 heteroatoms. The van der Waals surface area contributed by atoms with Crippen LogP contribution < -0.4 is 28.3 Å². The summed E-state index contributed by atoms with van der Waals surface area (Å²) in [5.41, 5.74) is 24.3. The second kappa shape index (κ2) is 11.6. The monoisotopic (exact) mass is 411 g/mol. The van der Waals surface area contributed by atoms with Crippen molar-refractivity contribution in [1.29, 1.82) is 0 Å². The molecule has 0 spiro atoms. The van der Waals surface area contributed by atoms with E-state index in [1.54, 1.807) is 36.4 Å². The lowest BCUT2D eigenvalue weighted by atomic mass is 10.1. The Bertz CT molecular complexity index is 764. The van der Waals surface area contributed by atoms with Gasteiger partial charge < -0.3 is 28.3 Å². The molecule has 0 radical (unpaired) electrons. The summed E-state index contributed by atoms with van der Waals surface area (Å²) >= 11 is 0. The van der Waals surface area contributed by atoms with E-state index < -0.39 is 0 Å². The van der Waals surface area contributed by atoms with Gasteiger partial charge in [-0.05, 0) is 35.4 Å². The number of nitrogens with two attached hydrogens (primary N) is 4. The highest BCUT2D eigenvalue weighted by Crippen LogP contribution is 2.18. The quantitative estimate of drug-likeness (QED) is 0.357. The van der Waals surface area contributed by atoms with Crippen molar-refractivity contribution in [3.05, 3.63) is 65.2 Å². The van der Waals surface area contributed by atoms with Crippen LogP contribution in [0.1, 0.15) is 21.5 Å². The Morgan fingerprint density at radius 3 is 1.74 bits per heavy atom. The molecule has 0 unspecified atom stereocenters. The lowest BCUT2D eigenvalue weighted by Crippen LogP contribution is -2.23. The summed E-state index contributed by atoms with van der Waals surface area (Å²) in [5.74, 6) is -0.235. The lowest BCUT2D eigenvalue weighted by Gasteiger charge is -2.10. The molecule has 0 aliphatic carbocycles. The van der Waals surface area contributed by atoms with Gasteiger partial charge in [0.1, 0.15) is 0 Å². The van der Waals surface area contributed by atoms with Crippen LogP contribution in [0.15, 0.2) is 58.5 Å². The second-order valence-electron chi connectivity index (χ2n) is 5.34. The standard InChI is InChI=1S/C17H21N7O.2ClH/c18-16(19)22-9-11-6-12(10-23-17(20)21)8-14(7-11)24-15(25)13-4-2-1-3-5-13;;/h1-8H,9-10H2,(H,24,25)(H4,18,19,22)(H4,20,21,23);2*1H. The summed E-state index contributed by atoms with van der Waals surface area (Å²) in [6.45, 7) is 0.568. The number of guanidine groups is 2. The van der Waals surface area contributed by atoms with Crippen LogP contribution in [-0.2, 0) is 13.1 Å². The summed E-state index contributed by atoms with van der Waals surface area (Å²) in [6, 6.07) is 14.4. The average Bonchev–Trinajstić information content (AvgIpc) is 2.59. The minimum Gasteiger partial charge on any atom is -0.370 e. The van der Waals surface area contributed by atoms with Gasteiger partial charge in [0.15, 0.2) is 11.9 Å². The highest BCUT2D eigenvalue weighted by Gasteiger charge is 2.07. The van der Waals surface area contributed by atoms with Crippen LogP contribution in [0.25, 0.3) is 0 Å². The number of halogens is 2. The summed E-state index contributed by atoms with van der Waals surface area (Å²) in [6.07, 6.45) is 0. The van der Waals surface area contributed by atoms with E-state index >= 15 is 0 Å². The first kappa shape index (κ1) is 24.0. The number of nitrogens with one attached hydrogen (secondary N) is 1. The van der Waals surface area contributed by atoms with Crippen molar-refractivity contribution in [3.8, 4) is 0 Å². The topological polar surface area (TPSA) is 158 Å². The van der Waals surface area contributed by atoms with E-state index in [1.807, 2.05) is 12.1 Å². The molecule has 0 aliphatic rings. The molecule has 8 nitrogen and oxygen atoms in total. The molecular formula is C17H23Cl2N7O. The zero-order valence-corrected chi connectivity index (χ0v) is 16.1. The Hall–Kier alpha value is -2.97. The first-order valence-electron chi connectivity index (χ1n) is 7.54. The molecule has 27 heavy (non-hydrogen) atoms. The number of carbonyl (C=O) groups is 1. The van der Waals surface area contributed by atoms with Crippen molar-refractivity contribution >= 4 is 48.3 Å². The van der Waals surface area contributed by atoms with E-state index in [0.29, 0.717) is 11.3 Å². The zero-order chi connectivity index (χ0) is 18.2. The highest BCUT2D eigenvalue weighted by molar-refractivity contribution is 6.04. The van der Waals surface area contributed by atoms with Crippen molar-refractivity contribution in [1.82, 2.24) is 0 Å². The fourth-order valence-corrected chi connectivity index (χ4v) is 2.18. The second-order valence-corrected chi connectivity index (χ2v) is 5.34. The molecule has 0 atom stereocenters. The maximum absolute atomic E-state index is 12.3. The van der Waals surface area contributed by atoms with Crippen molar-refractivity contribution in [2.24, 2.45) is 32.9 Å². The van der Waals surface area contributed by atoms with Gasteiger partial charge in [0.05, 0.1) is 13.1 Å². The Kier molecular flexibility index (Phi) is 10.3. The van der Waals surface area contributed by atoms with Crippen LogP contribution in [0.2, 0.25) is 0 Å². The first-order chi connectivity index (χ1) is 11.9. The van der Waals surface area contributed by atoms with Crippen molar-refractivity contribution in [3.63, 3.8) is 0 Å². The third kappa shape index (κ3) is 8.30. The number of hydrogen-bond donors (Lipinski definition) is 5. The van der Waals surface area contributed by atoms with Crippen molar-refractivity contribution < 1.29 is 4.79 Å². The molecule has 0 aromatic heterocycles. The third-order valence-electron chi connectivity index (χ3n) is 3.23. The fraction of sp³-hybridized carbons (Fsp3) is 0.118. The van der Waals surface area contributed by atoms with Crippen LogP contribution in [-0.4, -0.2) is 17.8 Å². The number of amides is 1. The predicted molar refractivity (Wildman–Crippen MR) is 114 cm³/mol. The summed E-state index contributed by atoms with van der Waals surface area (Å²) < 4.78 is 0. The predicted octanol–water partition coefficient (Wildman–Crippen LogP) is 1.33. The Labute approximate surface area is 169 Å². The highest BCUT2D eigenvalue weighted by atomic mass is 35.5. The minimum atomic E-state index is -0.215. The zero-order valence-electron chi connectivity index (χ0n) is 14.5. The Balaban J connectivity index is 0.00000338. The number of anilines is 1. The summed E-state index contributed by atoms with van der Waals surface area (Å²) in [4.78, 5) is 20.3. The summed E-state index contributed by atoms with van der Waals surface area (Å²) in [5, 5.41) is 2.85. The van der Waals surface area contributed by atoms with E-state index in [-0.39, 0.29) is 55.7 Å². The molecule has 0 saturated heterocycles. The molecular weight excluding hydrogens is 389 g/mol. The van der Waals surface area contributed by atoms with Crippen LogP contribution in [0, 0.1) is 0 Å². The first-order valence-corrected chi connectivity index (χ1v) is 7.54. The Morgan fingerprint density at radius 1 is 0.815 bits per heavy atom. The van der Waals surface area contributed by atoms with Gasteiger partial charge in [-0.15, -0.1) is 24.8 Å². The lowest BCUT2D eigenvalue weighted by molar-refractivity contribution is 0.102. The SMILES string of the molecule is Cl.Cl.NC(N)=NCc1cc(CN=C(N)N)cc(NC(=O)c2ccccc2)c1. The van der Waals surface area contributed by atoms with Gasteiger partial charge in [-0.1, -0.05) is 24.3 Å². The van der Waals surface area contributed by atoms with Gasteiger partial charge in [-0.25, -0.2) is 9.98 Å². The Morgan fingerprint density at radius 2 is 1.30 bits per heavy atom.